The van der Waals surface area contributed by atoms with Crippen LogP contribution in [-0.4, -0.2) is 26.6 Å². The Balaban J connectivity index is 1.41. The number of hydrogen-bond acceptors (Lipinski definition) is 4. The molecular weight excluding hydrogens is 607 g/mol. The molecule has 0 saturated carbocycles. The zero-order valence-corrected chi connectivity index (χ0v) is 25.5. The molecule has 0 saturated heterocycles. The number of hydrogen-bond donors (Lipinski definition) is 1. The normalized spacial score (nSPS) is 11.3. The van der Waals surface area contributed by atoms with Crippen LogP contribution in [0.2, 0.25) is 15.1 Å². The van der Waals surface area contributed by atoms with Crippen molar-refractivity contribution >= 4 is 68.2 Å². The van der Waals surface area contributed by atoms with Gasteiger partial charge in [0.15, 0.2) is 0 Å². The molecule has 0 unspecified atom stereocenters. The summed E-state index contributed by atoms with van der Waals surface area (Å²) in [5.41, 5.74) is 3.56. The molecule has 1 amide bonds. The Labute approximate surface area is 254 Å². The summed E-state index contributed by atoms with van der Waals surface area (Å²) in [4.78, 5) is 12.9. The number of carbonyl (C=O) groups excluding carboxylic acids is 1. The van der Waals surface area contributed by atoms with Gasteiger partial charge in [-0.3, -0.25) is 9.10 Å². The molecule has 4 aromatic rings. The van der Waals surface area contributed by atoms with Gasteiger partial charge in [0.25, 0.3) is 15.9 Å². The number of nitrogens with zero attached hydrogens (tertiary/aromatic N) is 1. The van der Waals surface area contributed by atoms with Crippen LogP contribution in [0, 0.1) is 6.92 Å². The predicted molar refractivity (Wildman–Crippen MR) is 167 cm³/mol. The van der Waals surface area contributed by atoms with E-state index < -0.39 is 10.0 Å². The number of anilines is 1. The fourth-order valence-corrected chi connectivity index (χ4v) is 6.78. The van der Waals surface area contributed by atoms with Crippen LogP contribution >= 0.6 is 46.6 Å². The summed E-state index contributed by atoms with van der Waals surface area (Å²) in [5, 5.41) is 4.42. The van der Waals surface area contributed by atoms with E-state index in [0.717, 1.165) is 28.2 Å². The van der Waals surface area contributed by atoms with Gasteiger partial charge in [-0.2, -0.15) is 11.8 Å². The molecule has 0 spiro atoms. The molecular formula is C30H27Cl3N2O3S2. The standard InChI is InChI=1S/C30H27Cl3N2O3S2/c1-21-7-13-25(31)18-29(21)35(40(37,38)26-5-3-2-4-6-26)19-22-8-11-24(12-9-22)30(36)34-15-16-39-20-23-10-14-27(32)28(33)17-23/h2-14,17-18H,15-16,19-20H2,1H3,(H,34,36). The molecule has 5 nitrogen and oxygen atoms in total. The van der Waals surface area contributed by atoms with Crippen molar-refractivity contribution in [3.8, 4) is 0 Å². The van der Waals surface area contributed by atoms with Gasteiger partial charge in [-0.05, 0) is 72.1 Å². The Morgan fingerprint density at radius 2 is 1.55 bits per heavy atom. The van der Waals surface area contributed by atoms with Crippen LogP contribution in [0.4, 0.5) is 5.69 Å². The Morgan fingerprint density at radius 3 is 2.25 bits per heavy atom. The van der Waals surface area contributed by atoms with E-state index in [4.69, 9.17) is 34.8 Å². The molecule has 0 aromatic heterocycles. The lowest BCUT2D eigenvalue weighted by molar-refractivity contribution is 0.0956. The maximum atomic E-state index is 13.7. The third-order valence-corrected chi connectivity index (χ3v) is 9.88. The van der Waals surface area contributed by atoms with E-state index in [9.17, 15) is 13.2 Å². The van der Waals surface area contributed by atoms with Crippen LogP contribution < -0.4 is 9.62 Å². The number of halogens is 3. The van der Waals surface area contributed by atoms with E-state index in [0.29, 0.717) is 32.9 Å². The molecule has 0 atom stereocenters. The van der Waals surface area contributed by atoms with Gasteiger partial charge in [0.05, 0.1) is 27.2 Å². The second-order valence-electron chi connectivity index (χ2n) is 9.01. The van der Waals surface area contributed by atoms with Crippen molar-refractivity contribution in [3.63, 3.8) is 0 Å². The second kappa shape index (κ2) is 13.8. The van der Waals surface area contributed by atoms with Crippen LogP contribution in [0.25, 0.3) is 0 Å². The van der Waals surface area contributed by atoms with Gasteiger partial charge in [-0.15, -0.1) is 0 Å². The first-order valence-electron chi connectivity index (χ1n) is 12.4. The highest BCUT2D eigenvalue weighted by molar-refractivity contribution is 7.98. The van der Waals surface area contributed by atoms with E-state index in [1.165, 1.54) is 4.31 Å². The average molecular weight is 634 g/mol. The monoisotopic (exact) mass is 632 g/mol. The van der Waals surface area contributed by atoms with Crippen LogP contribution in [0.15, 0.2) is 95.9 Å². The van der Waals surface area contributed by atoms with Gasteiger partial charge in [-0.1, -0.05) is 77.3 Å². The number of thioether (sulfide) groups is 1. The topological polar surface area (TPSA) is 66.5 Å². The van der Waals surface area contributed by atoms with E-state index in [2.05, 4.69) is 5.32 Å². The number of aryl methyl sites for hydroxylation is 1. The lowest BCUT2D eigenvalue weighted by atomic mass is 10.1. The van der Waals surface area contributed by atoms with Crippen molar-refractivity contribution in [1.82, 2.24) is 5.32 Å². The van der Waals surface area contributed by atoms with Gasteiger partial charge in [-0.25, -0.2) is 8.42 Å². The van der Waals surface area contributed by atoms with Crippen molar-refractivity contribution in [2.45, 2.75) is 24.1 Å². The molecule has 0 heterocycles. The SMILES string of the molecule is Cc1ccc(Cl)cc1N(Cc1ccc(C(=O)NCCSCc2ccc(Cl)c(Cl)c2)cc1)S(=O)(=O)c1ccccc1. The molecule has 4 rings (SSSR count). The Morgan fingerprint density at radius 1 is 0.850 bits per heavy atom. The quantitative estimate of drug-likeness (QED) is 0.170. The lowest BCUT2D eigenvalue weighted by Gasteiger charge is -2.26. The summed E-state index contributed by atoms with van der Waals surface area (Å²) >= 11 is 19.9. The molecule has 1 N–H and O–H groups in total. The highest BCUT2D eigenvalue weighted by Gasteiger charge is 2.26. The van der Waals surface area contributed by atoms with Crippen molar-refractivity contribution < 1.29 is 13.2 Å². The van der Waals surface area contributed by atoms with E-state index in [1.807, 2.05) is 19.1 Å². The summed E-state index contributed by atoms with van der Waals surface area (Å²) in [7, 11) is -3.88. The predicted octanol–water partition coefficient (Wildman–Crippen LogP) is 8.01. The van der Waals surface area contributed by atoms with E-state index in [1.54, 1.807) is 90.6 Å². The number of amides is 1. The van der Waals surface area contributed by atoms with Gasteiger partial charge in [0, 0.05) is 28.6 Å². The van der Waals surface area contributed by atoms with Gasteiger partial charge < -0.3 is 5.32 Å². The van der Waals surface area contributed by atoms with E-state index in [-0.39, 0.29) is 17.3 Å². The fraction of sp³-hybridized carbons (Fsp3) is 0.167. The molecule has 0 aliphatic carbocycles. The summed E-state index contributed by atoms with van der Waals surface area (Å²) < 4.78 is 28.7. The number of benzene rings is 4. The first-order valence-corrected chi connectivity index (χ1v) is 16.1. The van der Waals surface area contributed by atoms with Crippen molar-refractivity contribution in [3.05, 3.63) is 128 Å². The highest BCUT2D eigenvalue weighted by Crippen LogP contribution is 2.31. The van der Waals surface area contributed by atoms with Crippen LogP contribution in [0.3, 0.4) is 0 Å². The molecule has 0 bridgehead atoms. The van der Waals surface area contributed by atoms with Crippen molar-refractivity contribution in [2.75, 3.05) is 16.6 Å². The summed E-state index contributed by atoms with van der Waals surface area (Å²) in [6.45, 7) is 2.42. The van der Waals surface area contributed by atoms with Gasteiger partial charge in [0.1, 0.15) is 0 Å². The zero-order chi connectivity index (χ0) is 28.7. The minimum atomic E-state index is -3.88. The summed E-state index contributed by atoms with van der Waals surface area (Å²) in [6.07, 6.45) is 0. The average Bonchev–Trinajstić information content (AvgIpc) is 2.95. The molecule has 4 aromatic carbocycles. The minimum Gasteiger partial charge on any atom is -0.351 e. The molecule has 0 radical (unpaired) electrons. The molecule has 0 aliphatic rings. The van der Waals surface area contributed by atoms with Crippen LogP contribution in [0.1, 0.15) is 27.0 Å². The second-order valence-corrected chi connectivity index (χ2v) is 13.2. The fourth-order valence-electron chi connectivity index (χ4n) is 3.96. The molecule has 10 heteroatoms. The number of carbonyl (C=O) groups is 1. The highest BCUT2D eigenvalue weighted by atomic mass is 35.5. The van der Waals surface area contributed by atoms with Gasteiger partial charge >= 0.3 is 0 Å². The minimum absolute atomic E-state index is 0.0751. The number of rotatable bonds is 11. The first kappa shape index (κ1) is 30.3. The third kappa shape index (κ3) is 7.74. The third-order valence-electron chi connectivity index (χ3n) is 6.10. The summed E-state index contributed by atoms with van der Waals surface area (Å²) in [6, 6.07) is 25.9. The smallest absolute Gasteiger partial charge is 0.264 e. The number of nitrogens with one attached hydrogen (secondary N) is 1. The molecule has 40 heavy (non-hydrogen) atoms. The van der Waals surface area contributed by atoms with Crippen molar-refractivity contribution in [1.29, 1.82) is 0 Å². The Kier molecular flexibility index (Phi) is 10.4. The lowest BCUT2D eigenvalue weighted by Crippen LogP contribution is -2.31. The van der Waals surface area contributed by atoms with E-state index >= 15 is 0 Å². The maximum absolute atomic E-state index is 13.7. The van der Waals surface area contributed by atoms with Crippen LogP contribution in [-0.2, 0) is 22.3 Å². The Bertz CT molecular complexity index is 1580. The summed E-state index contributed by atoms with van der Waals surface area (Å²) in [5.74, 6) is 1.30. The number of sulfonamides is 1. The van der Waals surface area contributed by atoms with Crippen LogP contribution in [0.5, 0.6) is 0 Å². The van der Waals surface area contributed by atoms with Gasteiger partial charge in [0.2, 0.25) is 0 Å². The largest absolute Gasteiger partial charge is 0.351 e. The Hall–Kier alpha value is -2.68. The maximum Gasteiger partial charge on any atom is 0.264 e. The molecule has 208 valence electrons. The molecule has 0 fully saturated rings. The zero-order valence-electron chi connectivity index (χ0n) is 21.6. The van der Waals surface area contributed by atoms with Crippen molar-refractivity contribution in [2.24, 2.45) is 0 Å². The first-order chi connectivity index (χ1) is 19.1. The molecule has 0 aliphatic heterocycles.